The van der Waals surface area contributed by atoms with E-state index in [1.165, 1.54) is 67.2 Å². The van der Waals surface area contributed by atoms with Crippen LogP contribution in [0.25, 0.3) is 16.3 Å². The number of nitrogens with zero attached hydrogens (tertiary/aromatic N) is 2. The van der Waals surface area contributed by atoms with Crippen LogP contribution < -0.4 is 4.90 Å². The summed E-state index contributed by atoms with van der Waals surface area (Å²) in [6, 6.07) is 15.5. The van der Waals surface area contributed by atoms with Gasteiger partial charge in [0.15, 0.2) is 0 Å². The number of hydrogen-bond donors (Lipinski definition) is 0. The molecule has 3 heterocycles. The van der Waals surface area contributed by atoms with Crippen molar-refractivity contribution >= 4 is 22.0 Å². The predicted octanol–water partition coefficient (Wildman–Crippen LogP) is 4.69. The molecule has 124 valence electrons. The van der Waals surface area contributed by atoms with Crippen LogP contribution in [-0.2, 0) is 0 Å². The third kappa shape index (κ3) is 2.36. The lowest BCUT2D eigenvalue weighted by Crippen LogP contribution is -2.34. The summed E-state index contributed by atoms with van der Waals surface area (Å²) in [5.41, 5.74) is 4.39. The van der Waals surface area contributed by atoms with Crippen LogP contribution in [0.5, 0.6) is 0 Å². The van der Waals surface area contributed by atoms with Crippen LogP contribution >= 0.6 is 0 Å². The summed E-state index contributed by atoms with van der Waals surface area (Å²) in [4.78, 5) is 5.08. The first kappa shape index (κ1) is 14.5. The zero-order valence-corrected chi connectivity index (χ0v) is 14.5. The minimum absolute atomic E-state index is 0.659. The first-order valence-electron chi connectivity index (χ1n) is 9.50. The van der Waals surface area contributed by atoms with Gasteiger partial charge in [0.05, 0.1) is 0 Å². The summed E-state index contributed by atoms with van der Waals surface area (Å²) >= 11 is 0. The van der Waals surface area contributed by atoms with Crippen LogP contribution in [0.3, 0.4) is 0 Å². The molecule has 0 radical (unpaired) electrons. The minimum atomic E-state index is 0.659. The molecule has 2 saturated heterocycles. The Hall–Kier alpha value is -1.80. The van der Waals surface area contributed by atoms with Gasteiger partial charge in [-0.15, -0.1) is 0 Å². The van der Waals surface area contributed by atoms with Crippen molar-refractivity contribution in [1.82, 2.24) is 4.90 Å². The Balaban J connectivity index is 1.48. The Kier molecular flexibility index (Phi) is 3.41. The molecule has 3 aliphatic heterocycles. The highest BCUT2D eigenvalue weighted by molar-refractivity contribution is 5.89. The number of benzene rings is 2. The van der Waals surface area contributed by atoms with E-state index in [-0.39, 0.29) is 0 Å². The Bertz CT molecular complexity index is 801. The molecule has 0 spiro atoms. The average Bonchev–Trinajstić information content (AvgIpc) is 3.20. The maximum atomic E-state index is 2.56. The molecule has 0 N–H and O–H groups in total. The lowest BCUT2D eigenvalue weighted by molar-refractivity contribution is 0.264. The minimum Gasteiger partial charge on any atom is -0.372 e. The number of hydrogen-bond acceptors (Lipinski definition) is 2. The van der Waals surface area contributed by atoms with Crippen molar-refractivity contribution in [1.29, 1.82) is 0 Å². The third-order valence-corrected chi connectivity index (χ3v) is 6.41. The number of rotatable bonds is 2. The second kappa shape index (κ2) is 5.63. The summed E-state index contributed by atoms with van der Waals surface area (Å²) in [7, 11) is 2.29. The van der Waals surface area contributed by atoms with Crippen molar-refractivity contribution in [3.8, 4) is 0 Å². The highest BCUT2D eigenvalue weighted by Gasteiger charge is 2.33. The van der Waals surface area contributed by atoms with E-state index in [9.17, 15) is 0 Å². The first-order valence-corrected chi connectivity index (χ1v) is 9.50. The monoisotopic (exact) mass is 318 g/mol. The normalized spacial score (nSPS) is 27.0. The standard InChI is InChI=1S/C22H26N2/c1-23-20-8-9-21(23)15-19(14-20)17-4-5-18-13-22(7-6-16(18)12-17)24-10-2-3-11-24/h4-7,12-14,20-21H,2-3,8-11,15H2,1H3. The maximum Gasteiger partial charge on any atom is 0.0372 e. The van der Waals surface area contributed by atoms with E-state index in [1.807, 2.05) is 0 Å². The molecule has 2 aromatic carbocycles. The molecule has 2 bridgehead atoms. The Labute approximate surface area is 144 Å². The molecule has 2 unspecified atom stereocenters. The molecule has 2 atom stereocenters. The third-order valence-electron chi connectivity index (χ3n) is 6.41. The van der Waals surface area contributed by atoms with E-state index in [0.717, 1.165) is 6.04 Å². The van der Waals surface area contributed by atoms with Gasteiger partial charge in [0.1, 0.15) is 0 Å². The van der Waals surface area contributed by atoms with Gasteiger partial charge in [-0.1, -0.05) is 24.3 Å². The van der Waals surface area contributed by atoms with Crippen molar-refractivity contribution in [3.63, 3.8) is 0 Å². The smallest absolute Gasteiger partial charge is 0.0372 e. The summed E-state index contributed by atoms with van der Waals surface area (Å²) in [5.74, 6) is 0. The van der Waals surface area contributed by atoms with Gasteiger partial charge >= 0.3 is 0 Å². The Morgan fingerprint density at radius 1 is 0.917 bits per heavy atom. The van der Waals surface area contributed by atoms with Gasteiger partial charge < -0.3 is 4.90 Å². The second-order valence-electron chi connectivity index (χ2n) is 7.80. The fourth-order valence-corrected chi connectivity index (χ4v) is 4.86. The molecule has 0 aliphatic carbocycles. The SMILES string of the molecule is CN1C2C=C(c3ccc4cc(N5CCCC5)ccc4c3)CC1CC2. The fourth-order valence-electron chi connectivity index (χ4n) is 4.86. The topological polar surface area (TPSA) is 6.48 Å². The fraction of sp³-hybridized carbons (Fsp3) is 0.455. The molecule has 2 aromatic rings. The Morgan fingerprint density at radius 2 is 1.71 bits per heavy atom. The van der Waals surface area contributed by atoms with Crippen LogP contribution in [0.4, 0.5) is 5.69 Å². The predicted molar refractivity (Wildman–Crippen MR) is 103 cm³/mol. The van der Waals surface area contributed by atoms with Gasteiger partial charge in [0.25, 0.3) is 0 Å². The summed E-state index contributed by atoms with van der Waals surface area (Å²) < 4.78 is 0. The van der Waals surface area contributed by atoms with Crippen molar-refractivity contribution in [2.75, 3.05) is 25.0 Å². The van der Waals surface area contributed by atoms with E-state index in [2.05, 4.69) is 59.3 Å². The van der Waals surface area contributed by atoms with E-state index in [0.29, 0.717) is 6.04 Å². The number of anilines is 1. The first-order chi connectivity index (χ1) is 11.8. The zero-order chi connectivity index (χ0) is 16.1. The van der Waals surface area contributed by atoms with Crippen LogP contribution in [0, 0.1) is 0 Å². The summed E-state index contributed by atoms with van der Waals surface area (Å²) in [6.45, 7) is 2.43. The van der Waals surface area contributed by atoms with Gasteiger partial charge in [0.2, 0.25) is 0 Å². The van der Waals surface area contributed by atoms with Crippen LogP contribution in [0.2, 0.25) is 0 Å². The lowest BCUT2D eigenvalue weighted by Gasteiger charge is -2.30. The van der Waals surface area contributed by atoms with Gasteiger partial charge in [-0.25, -0.2) is 0 Å². The van der Waals surface area contributed by atoms with Gasteiger partial charge in [-0.2, -0.15) is 0 Å². The number of fused-ring (bicyclic) bond motifs is 3. The Morgan fingerprint density at radius 3 is 2.54 bits per heavy atom. The van der Waals surface area contributed by atoms with Crippen LogP contribution in [0.15, 0.2) is 42.5 Å². The maximum absolute atomic E-state index is 2.56. The van der Waals surface area contributed by atoms with Crippen molar-refractivity contribution in [3.05, 3.63) is 48.0 Å². The quantitative estimate of drug-likeness (QED) is 0.792. The van der Waals surface area contributed by atoms with Crippen LogP contribution in [-0.4, -0.2) is 37.1 Å². The molecule has 0 aromatic heterocycles. The lowest BCUT2D eigenvalue weighted by atomic mass is 9.93. The molecule has 2 heteroatoms. The molecular formula is C22H26N2. The average molecular weight is 318 g/mol. The van der Waals surface area contributed by atoms with Crippen molar-refractivity contribution in [2.24, 2.45) is 0 Å². The summed E-state index contributed by atoms with van der Waals surface area (Å²) in [6.07, 6.45) is 9.09. The highest BCUT2D eigenvalue weighted by Crippen LogP contribution is 2.38. The van der Waals surface area contributed by atoms with Gasteiger partial charge in [-0.3, -0.25) is 4.90 Å². The van der Waals surface area contributed by atoms with Crippen molar-refractivity contribution < 1.29 is 0 Å². The molecule has 24 heavy (non-hydrogen) atoms. The largest absolute Gasteiger partial charge is 0.372 e. The van der Waals surface area contributed by atoms with Gasteiger partial charge in [-0.05, 0) is 79.3 Å². The molecular weight excluding hydrogens is 292 g/mol. The van der Waals surface area contributed by atoms with E-state index >= 15 is 0 Å². The molecule has 0 saturated carbocycles. The van der Waals surface area contributed by atoms with E-state index < -0.39 is 0 Å². The zero-order valence-electron chi connectivity index (χ0n) is 14.5. The molecule has 5 rings (SSSR count). The van der Waals surface area contributed by atoms with E-state index in [1.54, 1.807) is 5.57 Å². The molecule has 0 amide bonds. The molecule has 3 aliphatic rings. The second-order valence-corrected chi connectivity index (χ2v) is 7.80. The van der Waals surface area contributed by atoms with Gasteiger partial charge in [0, 0.05) is 30.9 Å². The number of likely N-dealkylation sites (N-methyl/N-ethyl adjacent to an activating group) is 1. The van der Waals surface area contributed by atoms with Crippen LogP contribution in [0.1, 0.15) is 37.7 Å². The van der Waals surface area contributed by atoms with Crippen molar-refractivity contribution in [2.45, 2.75) is 44.2 Å². The summed E-state index contributed by atoms with van der Waals surface area (Å²) in [5, 5.41) is 2.75. The molecule has 2 fully saturated rings. The molecule has 2 nitrogen and oxygen atoms in total. The highest BCUT2D eigenvalue weighted by atomic mass is 15.2. The van der Waals surface area contributed by atoms with E-state index in [4.69, 9.17) is 0 Å².